The van der Waals surface area contributed by atoms with Gasteiger partial charge in [0.2, 0.25) is 0 Å². The van der Waals surface area contributed by atoms with Crippen LogP contribution in [0.2, 0.25) is 0 Å². The van der Waals surface area contributed by atoms with Crippen molar-refractivity contribution in [1.29, 1.82) is 0 Å². The van der Waals surface area contributed by atoms with Gasteiger partial charge in [0.25, 0.3) is 0 Å². The third-order valence-electron chi connectivity index (χ3n) is 0.862. The van der Waals surface area contributed by atoms with Gasteiger partial charge in [-0.3, -0.25) is 0 Å². The quantitative estimate of drug-likeness (QED) is 0.598. The lowest BCUT2D eigenvalue weighted by atomic mass is 10.2. The molecule has 0 saturated heterocycles. The van der Waals surface area contributed by atoms with Gasteiger partial charge in [-0.15, -0.1) is 0 Å². The first kappa shape index (κ1) is 10.8. The normalized spacial score (nSPS) is 12.5. The summed E-state index contributed by atoms with van der Waals surface area (Å²) in [4.78, 5) is 0. The van der Waals surface area contributed by atoms with E-state index < -0.39 is 6.61 Å². The molecule has 0 saturated carbocycles. The molecule has 0 aliphatic rings. The smallest absolute Gasteiger partial charge is 0.345 e. The third kappa shape index (κ3) is 9.78. The Morgan fingerprint density at radius 3 is 2.09 bits per heavy atom. The molecule has 0 N–H and O–H groups in total. The highest BCUT2D eigenvalue weighted by molar-refractivity contribution is 4.57. The predicted molar refractivity (Wildman–Crippen MR) is 37.7 cm³/mol. The molecule has 0 spiro atoms. The zero-order valence-electron chi connectivity index (χ0n) is 7.06. The van der Waals surface area contributed by atoms with Crippen molar-refractivity contribution in [3.8, 4) is 0 Å². The molecule has 0 radical (unpaired) electrons. The Morgan fingerprint density at radius 1 is 1.18 bits per heavy atom. The minimum absolute atomic E-state index is 0.0606. The standard InChI is InChI=1S/C7H14F2O2/c1-7(2,3)11-5-4-10-6(8)9/h6H,4-5H2,1-3H3. The molecule has 0 aromatic carbocycles. The molecule has 0 fully saturated rings. The summed E-state index contributed by atoms with van der Waals surface area (Å²) in [5.41, 5.74) is -0.286. The van der Waals surface area contributed by atoms with Crippen LogP contribution in [0.4, 0.5) is 8.78 Å². The molecule has 2 nitrogen and oxygen atoms in total. The van der Waals surface area contributed by atoms with Crippen molar-refractivity contribution < 1.29 is 18.3 Å². The first-order chi connectivity index (χ1) is 4.92. The van der Waals surface area contributed by atoms with Crippen molar-refractivity contribution >= 4 is 0 Å². The highest BCUT2D eigenvalue weighted by Crippen LogP contribution is 2.06. The van der Waals surface area contributed by atoms with E-state index in [0.717, 1.165) is 0 Å². The highest BCUT2D eigenvalue weighted by atomic mass is 19.3. The molecule has 11 heavy (non-hydrogen) atoms. The topological polar surface area (TPSA) is 18.5 Å². The molecule has 68 valence electrons. The number of rotatable bonds is 4. The molecule has 0 atom stereocenters. The van der Waals surface area contributed by atoms with Crippen molar-refractivity contribution in [3.05, 3.63) is 0 Å². The van der Waals surface area contributed by atoms with E-state index in [-0.39, 0.29) is 18.8 Å². The summed E-state index contributed by atoms with van der Waals surface area (Å²) in [6.45, 7) is 3.02. The van der Waals surface area contributed by atoms with Gasteiger partial charge < -0.3 is 9.47 Å². The van der Waals surface area contributed by atoms with E-state index in [4.69, 9.17) is 4.74 Å². The molecule has 0 aromatic heterocycles. The van der Waals surface area contributed by atoms with E-state index in [1.807, 2.05) is 20.8 Å². The van der Waals surface area contributed by atoms with Crippen LogP contribution in [0.5, 0.6) is 0 Å². The lowest BCUT2D eigenvalue weighted by molar-refractivity contribution is -0.148. The van der Waals surface area contributed by atoms with Gasteiger partial charge in [0, 0.05) is 0 Å². The summed E-state index contributed by atoms with van der Waals surface area (Å²) in [7, 11) is 0. The Kier molecular flexibility index (Phi) is 4.52. The van der Waals surface area contributed by atoms with Crippen LogP contribution in [0.25, 0.3) is 0 Å². The third-order valence-corrected chi connectivity index (χ3v) is 0.862. The molecule has 0 unspecified atom stereocenters. The minimum atomic E-state index is -2.70. The zero-order valence-corrected chi connectivity index (χ0v) is 7.06. The lowest BCUT2D eigenvalue weighted by Gasteiger charge is -2.19. The molecule has 0 bridgehead atoms. The Hall–Kier alpha value is -0.220. The molecule has 0 aromatic rings. The van der Waals surface area contributed by atoms with Crippen LogP contribution in [-0.4, -0.2) is 25.4 Å². The summed E-state index contributed by atoms with van der Waals surface area (Å²) in [5.74, 6) is 0. The van der Waals surface area contributed by atoms with Crippen LogP contribution in [0.1, 0.15) is 20.8 Å². The molecule has 0 aliphatic heterocycles. The van der Waals surface area contributed by atoms with Gasteiger partial charge in [0.1, 0.15) is 0 Å². The van der Waals surface area contributed by atoms with Gasteiger partial charge in [-0.05, 0) is 20.8 Å². The van der Waals surface area contributed by atoms with Gasteiger partial charge in [-0.1, -0.05) is 0 Å². The lowest BCUT2D eigenvalue weighted by Crippen LogP contribution is -2.22. The fourth-order valence-corrected chi connectivity index (χ4v) is 0.485. The monoisotopic (exact) mass is 168 g/mol. The average molecular weight is 168 g/mol. The van der Waals surface area contributed by atoms with Crippen LogP contribution in [-0.2, 0) is 9.47 Å². The van der Waals surface area contributed by atoms with Gasteiger partial charge in [-0.25, -0.2) is 0 Å². The Morgan fingerprint density at radius 2 is 1.73 bits per heavy atom. The second-order valence-corrected chi connectivity index (χ2v) is 3.09. The number of ether oxygens (including phenoxy) is 2. The van der Waals surface area contributed by atoms with E-state index >= 15 is 0 Å². The molecule has 0 rings (SSSR count). The van der Waals surface area contributed by atoms with E-state index in [9.17, 15) is 8.78 Å². The van der Waals surface area contributed by atoms with Crippen molar-refractivity contribution in [2.75, 3.05) is 13.2 Å². The van der Waals surface area contributed by atoms with E-state index in [1.54, 1.807) is 0 Å². The summed E-state index contributed by atoms with van der Waals surface area (Å²) in [6, 6.07) is 0. The maximum Gasteiger partial charge on any atom is 0.345 e. The Balaban J connectivity index is 3.15. The second kappa shape index (κ2) is 4.62. The number of alkyl halides is 2. The molecule has 0 amide bonds. The predicted octanol–water partition coefficient (Wildman–Crippen LogP) is 2.04. The van der Waals surface area contributed by atoms with Gasteiger partial charge in [-0.2, -0.15) is 8.78 Å². The Labute approximate surface area is 65.5 Å². The van der Waals surface area contributed by atoms with E-state index in [1.165, 1.54) is 0 Å². The average Bonchev–Trinajstić information content (AvgIpc) is 1.78. The Bertz CT molecular complexity index is 99.1. The molecular weight excluding hydrogens is 154 g/mol. The van der Waals surface area contributed by atoms with Gasteiger partial charge in [0.15, 0.2) is 0 Å². The first-order valence-corrected chi connectivity index (χ1v) is 3.45. The van der Waals surface area contributed by atoms with E-state index in [0.29, 0.717) is 0 Å². The molecule has 0 aliphatic carbocycles. The number of hydrogen-bond donors (Lipinski definition) is 0. The van der Waals surface area contributed by atoms with Crippen LogP contribution in [0.3, 0.4) is 0 Å². The maximum absolute atomic E-state index is 11.4. The van der Waals surface area contributed by atoms with Crippen LogP contribution < -0.4 is 0 Å². The molecule has 4 heteroatoms. The molecule has 0 heterocycles. The maximum atomic E-state index is 11.4. The summed E-state index contributed by atoms with van der Waals surface area (Å²) in [5, 5.41) is 0. The van der Waals surface area contributed by atoms with Crippen LogP contribution in [0.15, 0.2) is 0 Å². The van der Waals surface area contributed by atoms with Crippen molar-refractivity contribution in [3.63, 3.8) is 0 Å². The van der Waals surface area contributed by atoms with Gasteiger partial charge >= 0.3 is 6.61 Å². The molecular formula is C7H14F2O2. The van der Waals surface area contributed by atoms with Crippen molar-refractivity contribution in [1.82, 2.24) is 0 Å². The largest absolute Gasteiger partial charge is 0.373 e. The summed E-state index contributed by atoms with van der Waals surface area (Å²) in [6.07, 6.45) is 0. The minimum Gasteiger partial charge on any atom is -0.373 e. The summed E-state index contributed by atoms with van der Waals surface area (Å²) < 4.78 is 31.9. The number of halogens is 2. The number of hydrogen-bond acceptors (Lipinski definition) is 2. The zero-order chi connectivity index (χ0) is 8.91. The van der Waals surface area contributed by atoms with Crippen molar-refractivity contribution in [2.24, 2.45) is 0 Å². The van der Waals surface area contributed by atoms with Gasteiger partial charge in [0.05, 0.1) is 18.8 Å². The SMILES string of the molecule is CC(C)(C)OCCOC(F)F. The second-order valence-electron chi connectivity index (χ2n) is 3.09. The van der Waals surface area contributed by atoms with Crippen LogP contribution >= 0.6 is 0 Å². The van der Waals surface area contributed by atoms with Crippen molar-refractivity contribution in [2.45, 2.75) is 33.0 Å². The van der Waals surface area contributed by atoms with E-state index in [2.05, 4.69) is 4.74 Å². The fraction of sp³-hybridized carbons (Fsp3) is 1.00. The first-order valence-electron chi connectivity index (χ1n) is 3.45. The summed E-state index contributed by atoms with van der Waals surface area (Å²) >= 11 is 0. The fourth-order valence-electron chi connectivity index (χ4n) is 0.485. The van der Waals surface area contributed by atoms with Crippen LogP contribution in [0, 0.1) is 0 Å². The highest BCUT2D eigenvalue weighted by Gasteiger charge is 2.09.